The standard InChI is InChI=1S/C34H39N5O3/c1-3-28(42-31-15-16-36-33-32(31)29(22-37-33)26-10-12-27(40)13-11-26)14-9-24(2)21-30(35)34(41)39-19-17-38(18-20-39)23-25-7-5-4-6-8-25/h3-12,14-16,22,27,30,40H,1,13,17-21,23,35H2,2H3,(H,36,37)/b24-9+,28-14+/t27?,30-/m0/s1. The topological polar surface area (TPSA) is 108 Å². The van der Waals surface area contributed by atoms with Crippen molar-refractivity contribution >= 4 is 22.5 Å². The van der Waals surface area contributed by atoms with Gasteiger partial charge < -0.3 is 25.5 Å². The molecule has 2 atom stereocenters. The van der Waals surface area contributed by atoms with Gasteiger partial charge in [0.25, 0.3) is 0 Å². The average molecular weight is 566 g/mol. The molecule has 2 aliphatic rings. The van der Waals surface area contributed by atoms with Crippen molar-refractivity contribution in [3.63, 3.8) is 0 Å². The summed E-state index contributed by atoms with van der Waals surface area (Å²) in [5.41, 5.74) is 11.3. The van der Waals surface area contributed by atoms with E-state index in [4.69, 9.17) is 10.5 Å². The maximum Gasteiger partial charge on any atom is 0.239 e. The molecule has 1 amide bonds. The van der Waals surface area contributed by atoms with E-state index in [1.807, 2.05) is 54.5 Å². The van der Waals surface area contributed by atoms with Gasteiger partial charge in [0, 0.05) is 50.7 Å². The summed E-state index contributed by atoms with van der Waals surface area (Å²) in [7, 11) is 0. The summed E-state index contributed by atoms with van der Waals surface area (Å²) in [4.78, 5) is 25.0. The number of nitrogens with one attached hydrogen (secondary N) is 1. The minimum absolute atomic E-state index is 0.0102. The molecule has 1 aromatic carbocycles. The van der Waals surface area contributed by atoms with E-state index in [2.05, 4.69) is 45.7 Å². The molecule has 42 heavy (non-hydrogen) atoms. The molecule has 1 aliphatic heterocycles. The molecule has 1 saturated heterocycles. The maximum atomic E-state index is 13.1. The Kier molecular flexibility index (Phi) is 9.48. The summed E-state index contributed by atoms with van der Waals surface area (Å²) in [5.74, 6) is 1.20. The fourth-order valence-electron chi connectivity index (χ4n) is 5.35. The van der Waals surface area contributed by atoms with Crippen LogP contribution in [0.3, 0.4) is 0 Å². The number of ether oxygens (including phenoxy) is 1. The van der Waals surface area contributed by atoms with E-state index in [0.29, 0.717) is 43.1 Å². The molecule has 5 rings (SSSR count). The second-order valence-electron chi connectivity index (χ2n) is 10.8. The SMILES string of the molecule is C=C/C(=C\C=C(/C)C[C@H](N)C(=O)N1CCN(Cc2ccccc2)CC1)Oc1ccnc2[nH]cc(C3=CCC(O)C=C3)c12. The summed E-state index contributed by atoms with van der Waals surface area (Å²) in [6.07, 6.45) is 15.3. The number of aliphatic hydroxyl groups is 1. The van der Waals surface area contributed by atoms with Crippen molar-refractivity contribution in [1.29, 1.82) is 0 Å². The molecule has 1 aliphatic carbocycles. The summed E-state index contributed by atoms with van der Waals surface area (Å²) in [6, 6.07) is 11.6. The van der Waals surface area contributed by atoms with E-state index in [9.17, 15) is 9.90 Å². The monoisotopic (exact) mass is 565 g/mol. The third-order valence-corrected chi connectivity index (χ3v) is 7.68. The van der Waals surface area contributed by atoms with Crippen molar-refractivity contribution < 1.29 is 14.6 Å². The second-order valence-corrected chi connectivity index (χ2v) is 10.8. The molecule has 0 bridgehead atoms. The molecule has 8 nitrogen and oxygen atoms in total. The van der Waals surface area contributed by atoms with Gasteiger partial charge in [-0.05, 0) is 49.1 Å². The number of piperazine rings is 1. The predicted octanol–water partition coefficient (Wildman–Crippen LogP) is 4.72. The molecule has 0 spiro atoms. The highest BCUT2D eigenvalue weighted by molar-refractivity contribution is 5.97. The fraction of sp³-hybridized carbons (Fsp3) is 0.294. The van der Waals surface area contributed by atoms with Gasteiger partial charge in [-0.2, -0.15) is 0 Å². The highest BCUT2D eigenvalue weighted by Gasteiger charge is 2.25. The molecular formula is C34H39N5O3. The van der Waals surface area contributed by atoms with E-state index in [1.165, 1.54) is 5.56 Å². The van der Waals surface area contributed by atoms with E-state index in [0.717, 1.165) is 41.7 Å². The van der Waals surface area contributed by atoms with Crippen molar-refractivity contribution in [3.05, 3.63) is 114 Å². The molecule has 218 valence electrons. The number of pyridine rings is 1. The Morgan fingerprint density at radius 1 is 1.21 bits per heavy atom. The molecular weight excluding hydrogens is 526 g/mol. The molecule has 8 heteroatoms. The molecule has 3 heterocycles. The first-order valence-corrected chi connectivity index (χ1v) is 14.4. The van der Waals surface area contributed by atoms with Crippen LogP contribution in [0.1, 0.15) is 30.9 Å². The largest absolute Gasteiger partial charge is 0.457 e. The lowest BCUT2D eigenvalue weighted by molar-refractivity contribution is -0.134. The van der Waals surface area contributed by atoms with Gasteiger partial charge in [-0.25, -0.2) is 4.98 Å². The molecule has 1 unspecified atom stereocenters. The Bertz CT molecular complexity index is 1530. The van der Waals surface area contributed by atoms with Gasteiger partial charge in [0.15, 0.2) is 0 Å². The number of aliphatic hydroxyl groups excluding tert-OH is 1. The highest BCUT2D eigenvalue weighted by Crippen LogP contribution is 2.34. The number of carbonyl (C=O) groups is 1. The third-order valence-electron chi connectivity index (χ3n) is 7.68. The summed E-state index contributed by atoms with van der Waals surface area (Å²) >= 11 is 0. The Morgan fingerprint density at radius 3 is 2.71 bits per heavy atom. The van der Waals surface area contributed by atoms with Gasteiger partial charge in [-0.3, -0.25) is 9.69 Å². The van der Waals surface area contributed by atoms with Crippen LogP contribution in [0.25, 0.3) is 16.6 Å². The van der Waals surface area contributed by atoms with Crippen molar-refractivity contribution in [2.75, 3.05) is 26.2 Å². The third kappa shape index (κ3) is 7.15. The van der Waals surface area contributed by atoms with Gasteiger partial charge in [-0.15, -0.1) is 0 Å². The number of allylic oxidation sites excluding steroid dienone is 5. The molecule has 2 aromatic heterocycles. The molecule has 3 aromatic rings. The molecule has 0 saturated carbocycles. The van der Waals surface area contributed by atoms with Crippen LogP contribution in [-0.4, -0.2) is 69.1 Å². The number of hydrogen-bond donors (Lipinski definition) is 3. The number of rotatable bonds is 10. The fourth-order valence-corrected chi connectivity index (χ4v) is 5.35. The van der Waals surface area contributed by atoms with Crippen LogP contribution in [-0.2, 0) is 11.3 Å². The average Bonchev–Trinajstić information content (AvgIpc) is 3.45. The minimum Gasteiger partial charge on any atom is -0.457 e. The van der Waals surface area contributed by atoms with Crippen LogP contribution in [0.5, 0.6) is 5.75 Å². The smallest absolute Gasteiger partial charge is 0.239 e. The number of fused-ring (bicyclic) bond motifs is 1. The van der Waals surface area contributed by atoms with Gasteiger partial charge >= 0.3 is 0 Å². The van der Waals surface area contributed by atoms with E-state index >= 15 is 0 Å². The van der Waals surface area contributed by atoms with Gasteiger partial charge in [0.05, 0.1) is 17.5 Å². The van der Waals surface area contributed by atoms with Crippen molar-refractivity contribution in [2.45, 2.75) is 38.5 Å². The Labute approximate surface area is 247 Å². The van der Waals surface area contributed by atoms with Crippen LogP contribution in [0.2, 0.25) is 0 Å². The maximum absolute atomic E-state index is 13.1. The lowest BCUT2D eigenvalue weighted by Gasteiger charge is -2.36. The number of nitrogens with two attached hydrogens (primary N) is 1. The minimum atomic E-state index is -0.596. The van der Waals surface area contributed by atoms with Gasteiger partial charge in [0.2, 0.25) is 5.91 Å². The quantitative estimate of drug-likeness (QED) is 0.243. The number of aromatic nitrogens is 2. The molecule has 0 radical (unpaired) electrons. The Morgan fingerprint density at radius 2 is 2.00 bits per heavy atom. The van der Waals surface area contributed by atoms with E-state index < -0.39 is 12.1 Å². The number of amides is 1. The lowest BCUT2D eigenvalue weighted by atomic mass is 9.98. The first-order valence-electron chi connectivity index (χ1n) is 14.4. The number of nitrogens with zero attached hydrogens (tertiary/aromatic N) is 3. The van der Waals surface area contributed by atoms with Crippen molar-refractivity contribution in [2.24, 2.45) is 5.73 Å². The lowest BCUT2D eigenvalue weighted by Crippen LogP contribution is -2.52. The number of benzene rings is 1. The van der Waals surface area contributed by atoms with Gasteiger partial charge in [0.1, 0.15) is 17.2 Å². The Hall–Kier alpha value is -4.24. The number of carbonyl (C=O) groups excluding carboxylic acids is 1. The van der Waals surface area contributed by atoms with Crippen LogP contribution >= 0.6 is 0 Å². The van der Waals surface area contributed by atoms with Crippen molar-refractivity contribution in [1.82, 2.24) is 19.8 Å². The van der Waals surface area contributed by atoms with E-state index in [1.54, 1.807) is 18.3 Å². The predicted molar refractivity (Wildman–Crippen MR) is 167 cm³/mol. The normalized spacial score (nSPS) is 19.1. The summed E-state index contributed by atoms with van der Waals surface area (Å²) in [5, 5.41) is 10.7. The first-order chi connectivity index (χ1) is 20.4. The van der Waals surface area contributed by atoms with Crippen molar-refractivity contribution in [3.8, 4) is 5.75 Å². The second kappa shape index (κ2) is 13.6. The number of hydrogen-bond acceptors (Lipinski definition) is 6. The summed E-state index contributed by atoms with van der Waals surface area (Å²) < 4.78 is 6.27. The van der Waals surface area contributed by atoms with E-state index in [-0.39, 0.29) is 5.91 Å². The number of H-pyrrole nitrogens is 1. The zero-order valence-electron chi connectivity index (χ0n) is 24.1. The zero-order chi connectivity index (χ0) is 29.5. The number of aromatic amines is 1. The molecule has 4 N–H and O–H groups in total. The van der Waals surface area contributed by atoms with Crippen LogP contribution in [0.15, 0.2) is 103 Å². The van der Waals surface area contributed by atoms with Crippen LogP contribution < -0.4 is 10.5 Å². The van der Waals surface area contributed by atoms with Gasteiger partial charge in [-0.1, -0.05) is 66.8 Å². The summed E-state index contributed by atoms with van der Waals surface area (Å²) in [6.45, 7) is 9.83. The van der Waals surface area contributed by atoms with Crippen LogP contribution in [0, 0.1) is 0 Å². The van der Waals surface area contributed by atoms with Crippen LogP contribution in [0.4, 0.5) is 0 Å². The molecule has 1 fully saturated rings. The zero-order valence-corrected chi connectivity index (χ0v) is 24.1. The first kappa shape index (κ1) is 29.3. The highest BCUT2D eigenvalue weighted by atomic mass is 16.5. The Balaban J connectivity index is 1.19.